The minimum absolute atomic E-state index is 0.200. The van der Waals surface area contributed by atoms with Gasteiger partial charge in [0.05, 0.1) is 10.5 Å². The summed E-state index contributed by atoms with van der Waals surface area (Å²) < 4.78 is 67.4. The quantitative estimate of drug-likeness (QED) is 0.568. The van der Waals surface area contributed by atoms with Crippen molar-refractivity contribution >= 4 is 20.8 Å². The first-order chi connectivity index (χ1) is 13.8. The number of hydrogen-bond acceptors (Lipinski definition) is 2. The summed E-state index contributed by atoms with van der Waals surface area (Å²) in [7, 11) is -3.69. The van der Waals surface area contributed by atoms with Crippen molar-refractivity contribution in [3.63, 3.8) is 0 Å². The second-order valence-electron chi connectivity index (χ2n) is 7.27. The van der Waals surface area contributed by atoms with Crippen LogP contribution in [0.4, 0.5) is 13.2 Å². The zero-order valence-corrected chi connectivity index (χ0v) is 16.4. The van der Waals surface area contributed by atoms with Gasteiger partial charge < -0.3 is 0 Å². The molecule has 0 saturated carbocycles. The fourth-order valence-electron chi connectivity index (χ4n) is 4.00. The van der Waals surface area contributed by atoms with E-state index in [-0.39, 0.29) is 29.5 Å². The summed E-state index contributed by atoms with van der Waals surface area (Å²) >= 11 is 0. The van der Waals surface area contributed by atoms with Crippen LogP contribution in [0.1, 0.15) is 29.9 Å². The van der Waals surface area contributed by atoms with Crippen LogP contribution in [-0.4, -0.2) is 25.8 Å². The smallest absolute Gasteiger partial charge is 0.207 e. The Labute approximate surface area is 167 Å². The SMILES string of the molecule is O=S(=O)(c1ccc2ccccc2c1)N1CCC(c2ccccc2C(F)(F)F)CC1. The molecule has 0 N–H and O–H groups in total. The number of hydrogen-bond donors (Lipinski definition) is 0. The first-order valence-electron chi connectivity index (χ1n) is 9.42. The number of benzene rings is 3. The van der Waals surface area contributed by atoms with Crippen molar-refractivity contribution in [1.29, 1.82) is 0 Å². The average Bonchev–Trinajstić information content (AvgIpc) is 2.73. The maximum atomic E-state index is 13.3. The highest BCUT2D eigenvalue weighted by Gasteiger charge is 2.37. The highest BCUT2D eigenvalue weighted by molar-refractivity contribution is 7.89. The molecule has 1 aliphatic rings. The van der Waals surface area contributed by atoms with Crippen LogP contribution < -0.4 is 0 Å². The summed E-state index contributed by atoms with van der Waals surface area (Å²) in [4.78, 5) is 0.213. The van der Waals surface area contributed by atoms with E-state index in [0.29, 0.717) is 12.8 Å². The molecule has 0 bridgehead atoms. The van der Waals surface area contributed by atoms with Crippen LogP contribution in [-0.2, 0) is 16.2 Å². The third-order valence-corrected chi connectivity index (χ3v) is 7.41. The standard InChI is InChI=1S/C22H20F3NO2S/c23-22(24,25)21-8-4-3-7-20(21)17-11-13-26(14-12-17)29(27,28)19-10-9-16-5-1-2-6-18(16)15-19/h1-10,15,17H,11-14H2. The van der Waals surface area contributed by atoms with E-state index in [1.165, 1.54) is 16.4 Å². The predicted octanol–water partition coefficient (Wildman–Crippen LogP) is 5.43. The van der Waals surface area contributed by atoms with E-state index in [1.54, 1.807) is 24.3 Å². The summed E-state index contributed by atoms with van der Waals surface area (Å²) in [6.07, 6.45) is -3.69. The van der Waals surface area contributed by atoms with Crippen molar-refractivity contribution < 1.29 is 21.6 Å². The van der Waals surface area contributed by atoms with Crippen molar-refractivity contribution in [2.24, 2.45) is 0 Å². The van der Waals surface area contributed by atoms with Crippen molar-refractivity contribution in [1.82, 2.24) is 4.31 Å². The first-order valence-corrected chi connectivity index (χ1v) is 10.9. The molecule has 1 heterocycles. The Morgan fingerprint density at radius 1 is 0.828 bits per heavy atom. The van der Waals surface area contributed by atoms with Gasteiger partial charge in [-0.25, -0.2) is 8.42 Å². The normalized spacial score (nSPS) is 16.9. The zero-order chi connectivity index (χ0) is 20.6. The van der Waals surface area contributed by atoms with E-state index >= 15 is 0 Å². The number of sulfonamides is 1. The van der Waals surface area contributed by atoms with Gasteiger partial charge in [0.1, 0.15) is 0 Å². The van der Waals surface area contributed by atoms with Crippen LogP contribution in [0, 0.1) is 0 Å². The van der Waals surface area contributed by atoms with E-state index in [0.717, 1.165) is 16.8 Å². The number of halogens is 3. The Morgan fingerprint density at radius 2 is 1.45 bits per heavy atom. The van der Waals surface area contributed by atoms with Gasteiger partial charge in [0.15, 0.2) is 0 Å². The molecule has 29 heavy (non-hydrogen) atoms. The van der Waals surface area contributed by atoms with Crippen LogP contribution >= 0.6 is 0 Å². The van der Waals surface area contributed by atoms with Crippen LogP contribution in [0.5, 0.6) is 0 Å². The number of piperidine rings is 1. The topological polar surface area (TPSA) is 37.4 Å². The van der Waals surface area contributed by atoms with Crippen LogP contribution in [0.2, 0.25) is 0 Å². The van der Waals surface area contributed by atoms with E-state index in [4.69, 9.17) is 0 Å². The molecular weight excluding hydrogens is 399 g/mol. The average molecular weight is 419 g/mol. The molecule has 1 saturated heterocycles. The van der Waals surface area contributed by atoms with Gasteiger partial charge in [-0.1, -0.05) is 48.5 Å². The van der Waals surface area contributed by atoms with Gasteiger partial charge in [-0.3, -0.25) is 0 Å². The summed E-state index contributed by atoms with van der Waals surface area (Å²) in [5.41, 5.74) is -0.376. The van der Waals surface area contributed by atoms with E-state index in [1.807, 2.05) is 24.3 Å². The van der Waals surface area contributed by atoms with Gasteiger partial charge in [0.25, 0.3) is 0 Å². The molecule has 0 aromatic heterocycles. The Balaban J connectivity index is 1.55. The molecule has 0 unspecified atom stereocenters. The van der Waals surface area contributed by atoms with Gasteiger partial charge in [-0.15, -0.1) is 0 Å². The van der Waals surface area contributed by atoms with Crippen LogP contribution in [0.15, 0.2) is 71.6 Å². The molecular formula is C22H20F3NO2S. The summed E-state index contributed by atoms with van der Waals surface area (Å²) in [5, 5.41) is 1.79. The number of alkyl halides is 3. The Bertz CT molecular complexity index is 1130. The zero-order valence-electron chi connectivity index (χ0n) is 15.6. The molecule has 1 fully saturated rings. The van der Waals surface area contributed by atoms with Crippen molar-refractivity contribution in [2.45, 2.75) is 29.8 Å². The molecule has 7 heteroatoms. The number of fused-ring (bicyclic) bond motifs is 1. The Hall–Kier alpha value is -2.38. The lowest BCUT2D eigenvalue weighted by molar-refractivity contribution is -0.138. The fraction of sp³-hybridized carbons (Fsp3) is 0.273. The van der Waals surface area contributed by atoms with Crippen molar-refractivity contribution in [3.8, 4) is 0 Å². The number of rotatable bonds is 3. The third-order valence-electron chi connectivity index (χ3n) is 5.52. The van der Waals surface area contributed by atoms with Gasteiger partial charge in [-0.05, 0) is 53.3 Å². The lowest BCUT2D eigenvalue weighted by atomic mass is 9.87. The maximum Gasteiger partial charge on any atom is 0.416 e. The lowest BCUT2D eigenvalue weighted by Crippen LogP contribution is -2.38. The highest BCUT2D eigenvalue weighted by Crippen LogP contribution is 2.39. The molecule has 0 amide bonds. The van der Waals surface area contributed by atoms with E-state index < -0.39 is 21.8 Å². The Morgan fingerprint density at radius 3 is 2.14 bits per heavy atom. The monoisotopic (exact) mass is 419 g/mol. The first kappa shape index (κ1) is 19.9. The van der Waals surface area contributed by atoms with Crippen molar-refractivity contribution in [3.05, 3.63) is 77.9 Å². The summed E-state index contributed by atoms with van der Waals surface area (Å²) in [6.45, 7) is 0.401. The largest absolute Gasteiger partial charge is 0.416 e. The number of nitrogens with zero attached hydrogens (tertiary/aromatic N) is 1. The van der Waals surface area contributed by atoms with E-state index in [2.05, 4.69) is 0 Å². The van der Waals surface area contributed by atoms with Crippen LogP contribution in [0.25, 0.3) is 10.8 Å². The summed E-state index contributed by atoms with van der Waals surface area (Å²) in [5.74, 6) is -0.309. The molecule has 152 valence electrons. The van der Waals surface area contributed by atoms with Gasteiger partial charge in [0, 0.05) is 13.1 Å². The molecule has 1 aliphatic heterocycles. The second-order valence-corrected chi connectivity index (χ2v) is 9.21. The molecule has 0 spiro atoms. The summed E-state index contributed by atoms with van der Waals surface area (Å²) in [6, 6.07) is 18.1. The van der Waals surface area contributed by atoms with Crippen molar-refractivity contribution in [2.75, 3.05) is 13.1 Å². The molecule has 3 aromatic rings. The highest BCUT2D eigenvalue weighted by atomic mass is 32.2. The maximum absolute atomic E-state index is 13.3. The molecule has 0 aliphatic carbocycles. The third kappa shape index (κ3) is 3.89. The fourth-order valence-corrected chi connectivity index (χ4v) is 5.50. The van der Waals surface area contributed by atoms with Gasteiger partial charge in [-0.2, -0.15) is 17.5 Å². The Kier molecular flexibility index (Phi) is 5.12. The molecule has 4 rings (SSSR count). The molecule has 3 aromatic carbocycles. The van der Waals surface area contributed by atoms with E-state index in [9.17, 15) is 21.6 Å². The second kappa shape index (κ2) is 7.46. The molecule has 3 nitrogen and oxygen atoms in total. The minimum atomic E-state index is -4.41. The molecule has 0 radical (unpaired) electrons. The minimum Gasteiger partial charge on any atom is -0.207 e. The predicted molar refractivity (Wildman–Crippen MR) is 106 cm³/mol. The van der Waals surface area contributed by atoms with Crippen LogP contribution in [0.3, 0.4) is 0 Å². The molecule has 0 atom stereocenters. The van der Waals surface area contributed by atoms with Gasteiger partial charge >= 0.3 is 6.18 Å². The van der Waals surface area contributed by atoms with Gasteiger partial charge in [0.2, 0.25) is 10.0 Å². The lowest BCUT2D eigenvalue weighted by Gasteiger charge is -2.32.